The average Bonchev–Trinajstić information content (AvgIpc) is 2.60. The zero-order valence-corrected chi connectivity index (χ0v) is 15.7. The van der Waals surface area contributed by atoms with Crippen molar-refractivity contribution in [3.05, 3.63) is 53.6 Å². The molecule has 0 atom stereocenters. The molecule has 0 radical (unpaired) electrons. The van der Waals surface area contributed by atoms with Crippen molar-refractivity contribution in [1.29, 1.82) is 0 Å². The highest BCUT2D eigenvalue weighted by Gasteiger charge is 2.05. The predicted molar refractivity (Wildman–Crippen MR) is 108 cm³/mol. The Morgan fingerprint density at radius 2 is 1.68 bits per heavy atom. The first-order chi connectivity index (χ1) is 12.0. The van der Waals surface area contributed by atoms with Crippen LogP contribution in [0, 0.1) is 13.8 Å². The summed E-state index contributed by atoms with van der Waals surface area (Å²) >= 11 is 0. The summed E-state index contributed by atoms with van der Waals surface area (Å²) in [5.74, 6) is 0.0287. The Hall–Kier alpha value is -2.49. The summed E-state index contributed by atoms with van der Waals surface area (Å²) in [6, 6.07) is 14.4. The maximum atomic E-state index is 12.1. The monoisotopic (exact) mass is 339 g/mol. The minimum atomic E-state index is 0.0287. The Bertz CT molecular complexity index is 691. The van der Waals surface area contributed by atoms with E-state index in [9.17, 15) is 4.79 Å². The van der Waals surface area contributed by atoms with E-state index in [0.29, 0.717) is 13.0 Å². The van der Waals surface area contributed by atoms with Crippen molar-refractivity contribution < 1.29 is 4.79 Å². The Morgan fingerprint density at radius 3 is 2.32 bits per heavy atom. The molecule has 2 aromatic rings. The number of rotatable bonds is 8. The third-order valence-corrected chi connectivity index (χ3v) is 4.34. The van der Waals surface area contributed by atoms with E-state index < -0.39 is 0 Å². The lowest BCUT2D eigenvalue weighted by Crippen LogP contribution is -2.21. The summed E-state index contributed by atoms with van der Waals surface area (Å²) in [5.41, 5.74) is 5.39. The molecule has 134 valence electrons. The molecule has 0 bridgehead atoms. The van der Waals surface area contributed by atoms with Gasteiger partial charge in [0.2, 0.25) is 5.91 Å². The first kappa shape index (κ1) is 18.8. The van der Waals surface area contributed by atoms with Gasteiger partial charge in [-0.3, -0.25) is 4.79 Å². The fourth-order valence-electron chi connectivity index (χ4n) is 2.78. The third-order valence-electron chi connectivity index (χ3n) is 4.34. The smallest absolute Gasteiger partial charge is 0.226 e. The second-order valence-electron chi connectivity index (χ2n) is 6.26. The number of anilines is 3. The van der Waals surface area contributed by atoms with Crippen LogP contribution in [0.3, 0.4) is 0 Å². The number of amides is 1. The highest BCUT2D eigenvalue weighted by Crippen LogP contribution is 2.18. The maximum Gasteiger partial charge on any atom is 0.226 e. The van der Waals surface area contributed by atoms with Gasteiger partial charge in [0.05, 0.1) is 0 Å². The third kappa shape index (κ3) is 5.52. The van der Waals surface area contributed by atoms with Gasteiger partial charge in [-0.1, -0.05) is 12.1 Å². The van der Waals surface area contributed by atoms with Crippen molar-refractivity contribution in [3.63, 3.8) is 0 Å². The second-order valence-corrected chi connectivity index (χ2v) is 6.26. The molecule has 0 aliphatic carbocycles. The largest absolute Gasteiger partial charge is 0.385 e. The van der Waals surface area contributed by atoms with Gasteiger partial charge in [-0.05, 0) is 69.2 Å². The molecule has 1 amide bonds. The number of nitrogens with zero attached hydrogens (tertiary/aromatic N) is 1. The fraction of sp³-hybridized carbons (Fsp3) is 0.381. The van der Waals surface area contributed by atoms with E-state index in [1.807, 2.05) is 26.0 Å². The number of benzene rings is 2. The van der Waals surface area contributed by atoms with Crippen LogP contribution in [0.15, 0.2) is 42.5 Å². The minimum Gasteiger partial charge on any atom is -0.385 e. The van der Waals surface area contributed by atoms with Crippen LogP contribution in [0.1, 0.15) is 31.4 Å². The number of carbonyl (C=O) groups excluding carboxylic acids is 1. The van der Waals surface area contributed by atoms with Gasteiger partial charge in [-0.2, -0.15) is 0 Å². The molecule has 0 saturated heterocycles. The highest BCUT2D eigenvalue weighted by atomic mass is 16.1. The zero-order valence-electron chi connectivity index (χ0n) is 15.7. The van der Waals surface area contributed by atoms with Crippen molar-refractivity contribution in [2.75, 3.05) is 35.2 Å². The molecule has 4 nitrogen and oxygen atoms in total. The molecule has 0 aliphatic rings. The summed E-state index contributed by atoms with van der Waals surface area (Å²) < 4.78 is 0. The Balaban J connectivity index is 1.82. The van der Waals surface area contributed by atoms with Crippen LogP contribution in [0.25, 0.3) is 0 Å². The van der Waals surface area contributed by atoms with Gasteiger partial charge in [0.1, 0.15) is 0 Å². The van der Waals surface area contributed by atoms with Crippen LogP contribution in [0.2, 0.25) is 0 Å². The Kier molecular flexibility index (Phi) is 6.87. The van der Waals surface area contributed by atoms with E-state index >= 15 is 0 Å². The minimum absolute atomic E-state index is 0.0287. The maximum absolute atomic E-state index is 12.1. The van der Waals surface area contributed by atoms with Gasteiger partial charge in [0.15, 0.2) is 0 Å². The summed E-state index contributed by atoms with van der Waals surface area (Å²) in [6.45, 7) is 11.0. The number of aryl methyl sites for hydroxylation is 2. The number of hydrogen-bond acceptors (Lipinski definition) is 3. The molecule has 0 unspecified atom stereocenters. The molecule has 4 heteroatoms. The number of hydrogen-bond donors (Lipinski definition) is 2. The summed E-state index contributed by atoms with van der Waals surface area (Å²) in [5, 5.41) is 6.30. The molecule has 2 rings (SSSR count). The first-order valence-corrected chi connectivity index (χ1v) is 8.99. The average molecular weight is 339 g/mol. The van der Waals surface area contributed by atoms with Crippen LogP contribution in [0.5, 0.6) is 0 Å². The van der Waals surface area contributed by atoms with Gasteiger partial charge in [0.25, 0.3) is 0 Å². The van der Waals surface area contributed by atoms with E-state index in [4.69, 9.17) is 0 Å². The van der Waals surface area contributed by atoms with Gasteiger partial charge in [-0.25, -0.2) is 0 Å². The van der Waals surface area contributed by atoms with Crippen molar-refractivity contribution in [2.24, 2.45) is 0 Å². The topological polar surface area (TPSA) is 44.4 Å². The molecule has 25 heavy (non-hydrogen) atoms. The van der Waals surface area contributed by atoms with Crippen molar-refractivity contribution >= 4 is 23.0 Å². The molecule has 2 N–H and O–H groups in total. The molecular formula is C21H29N3O. The highest BCUT2D eigenvalue weighted by molar-refractivity contribution is 5.91. The number of carbonyl (C=O) groups is 1. The van der Waals surface area contributed by atoms with Crippen LogP contribution >= 0.6 is 0 Å². The van der Waals surface area contributed by atoms with Crippen molar-refractivity contribution in [1.82, 2.24) is 0 Å². The van der Waals surface area contributed by atoms with Crippen molar-refractivity contribution in [2.45, 2.75) is 34.1 Å². The van der Waals surface area contributed by atoms with Gasteiger partial charge in [0, 0.05) is 43.1 Å². The summed E-state index contributed by atoms with van der Waals surface area (Å²) in [4.78, 5) is 14.4. The fourth-order valence-corrected chi connectivity index (χ4v) is 2.78. The summed E-state index contributed by atoms with van der Waals surface area (Å²) in [6.07, 6.45) is 0.436. The van der Waals surface area contributed by atoms with E-state index in [2.05, 4.69) is 59.7 Å². The lowest BCUT2D eigenvalue weighted by molar-refractivity contribution is -0.115. The zero-order chi connectivity index (χ0) is 18.2. The van der Waals surface area contributed by atoms with E-state index in [0.717, 1.165) is 35.6 Å². The van der Waals surface area contributed by atoms with Gasteiger partial charge in [-0.15, -0.1) is 0 Å². The molecule has 0 saturated carbocycles. The first-order valence-electron chi connectivity index (χ1n) is 8.99. The van der Waals surface area contributed by atoms with Gasteiger partial charge < -0.3 is 15.5 Å². The molecular weight excluding hydrogens is 310 g/mol. The standard InChI is InChI=1S/C21H29N3O/c1-5-24(6-2)19-11-9-18(10-12-19)22-14-13-21(25)23-20-15-16(3)7-8-17(20)4/h7-12,15,22H,5-6,13-14H2,1-4H3,(H,23,25). The van der Waals surface area contributed by atoms with E-state index in [1.54, 1.807) is 0 Å². The molecule has 2 aromatic carbocycles. The molecule has 0 spiro atoms. The normalized spacial score (nSPS) is 10.4. The lowest BCUT2D eigenvalue weighted by atomic mass is 10.1. The van der Waals surface area contributed by atoms with Crippen LogP contribution in [-0.4, -0.2) is 25.5 Å². The molecule has 0 fully saturated rings. The summed E-state index contributed by atoms with van der Waals surface area (Å²) in [7, 11) is 0. The molecule has 0 aromatic heterocycles. The van der Waals surface area contributed by atoms with Crippen LogP contribution in [0.4, 0.5) is 17.1 Å². The lowest BCUT2D eigenvalue weighted by Gasteiger charge is -2.21. The quantitative estimate of drug-likeness (QED) is 0.739. The van der Waals surface area contributed by atoms with Gasteiger partial charge >= 0.3 is 0 Å². The predicted octanol–water partition coefficient (Wildman–Crippen LogP) is 4.59. The molecule has 0 aliphatic heterocycles. The second kappa shape index (κ2) is 9.11. The molecule has 0 heterocycles. The van der Waals surface area contributed by atoms with E-state index in [1.165, 1.54) is 5.69 Å². The van der Waals surface area contributed by atoms with E-state index in [-0.39, 0.29) is 5.91 Å². The van der Waals surface area contributed by atoms with Crippen molar-refractivity contribution in [3.8, 4) is 0 Å². The number of nitrogens with one attached hydrogen (secondary N) is 2. The van der Waals surface area contributed by atoms with Crippen LogP contribution in [-0.2, 0) is 4.79 Å². The Labute approximate surface area is 151 Å². The SMILES string of the molecule is CCN(CC)c1ccc(NCCC(=O)Nc2cc(C)ccc2C)cc1. The van der Waals surface area contributed by atoms with Crippen LogP contribution < -0.4 is 15.5 Å². The Morgan fingerprint density at radius 1 is 1.00 bits per heavy atom.